The number of amides is 1. The van der Waals surface area contributed by atoms with Crippen molar-refractivity contribution in [2.24, 2.45) is 7.05 Å². The largest absolute Gasteiger partial charge is 0.334 e. The lowest BCUT2D eigenvalue weighted by Crippen LogP contribution is -2.38. The van der Waals surface area contributed by atoms with Crippen LogP contribution in [0.15, 0.2) is 35.3 Å². The third-order valence-electron chi connectivity index (χ3n) is 5.52. The summed E-state index contributed by atoms with van der Waals surface area (Å²) in [5, 5.41) is 4.30. The average molecular weight is 376 g/mol. The van der Waals surface area contributed by atoms with Crippen molar-refractivity contribution in [3.63, 3.8) is 0 Å². The quantitative estimate of drug-likeness (QED) is 0.764. The summed E-state index contributed by atoms with van der Waals surface area (Å²) < 4.78 is 1.83. The number of aromatic nitrogens is 3. The number of rotatable bonds is 3. The van der Waals surface area contributed by atoms with E-state index in [-0.39, 0.29) is 11.5 Å². The second-order valence-corrected chi connectivity index (χ2v) is 7.59. The summed E-state index contributed by atoms with van der Waals surface area (Å²) >= 11 is 0. The van der Waals surface area contributed by atoms with Gasteiger partial charge in [0.05, 0.1) is 18.4 Å². The minimum Gasteiger partial charge on any atom is -0.334 e. The summed E-state index contributed by atoms with van der Waals surface area (Å²) in [6, 6.07) is 8.00. The van der Waals surface area contributed by atoms with Gasteiger partial charge in [-0.05, 0) is 56.0 Å². The Morgan fingerprint density at radius 3 is 2.57 bits per heavy atom. The first-order chi connectivity index (χ1) is 13.3. The summed E-state index contributed by atoms with van der Waals surface area (Å²) in [4.78, 5) is 30.2. The average Bonchev–Trinajstić information content (AvgIpc) is 2.98. The Labute approximate surface area is 163 Å². The lowest BCUT2D eigenvalue weighted by molar-refractivity contribution is 0.0726. The fourth-order valence-electron chi connectivity index (χ4n) is 4.05. The van der Waals surface area contributed by atoms with E-state index in [1.807, 2.05) is 56.9 Å². The molecule has 0 bridgehead atoms. The van der Waals surface area contributed by atoms with Crippen molar-refractivity contribution in [3.05, 3.63) is 74.3 Å². The molecule has 0 atom stereocenters. The van der Waals surface area contributed by atoms with E-state index in [9.17, 15) is 9.59 Å². The van der Waals surface area contributed by atoms with Crippen LogP contribution >= 0.6 is 0 Å². The second kappa shape index (κ2) is 6.78. The molecule has 2 aromatic heterocycles. The minimum absolute atomic E-state index is 0.0257. The number of carbonyl (C=O) groups is 1. The number of benzene rings is 1. The van der Waals surface area contributed by atoms with Gasteiger partial charge in [-0.25, -0.2) is 0 Å². The van der Waals surface area contributed by atoms with E-state index in [1.165, 1.54) is 0 Å². The third kappa shape index (κ3) is 3.05. The SMILES string of the molecule is Cc1cc(C)c(CN2CCc3ccc(-c4c(C)cnn4C)cc3C2=O)c(=O)[nH]1. The molecule has 3 heterocycles. The molecule has 28 heavy (non-hydrogen) atoms. The molecule has 1 aromatic carbocycles. The highest BCUT2D eigenvalue weighted by molar-refractivity contribution is 5.98. The zero-order valence-corrected chi connectivity index (χ0v) is 16.7. The van der Waals surface area contributed by atoms with Gasteiger partial charge in [0.15, 0.2) is 0 Å². The Morgan fingerprint density at radius 1 is 1.11 bits per heavy atom. The first kappa shape index (κ1) is 18.2. The molecule has 1 N–H and O–H groups in total. The van der Waals surface area contributed by atoms with E-state index < -0.39 is 0 Å². The normalized spacial score (nSPS) is 13.7. The smallest absolute Gasteiger partial charge is 0.254 e. The Balaban J connectivity index is 1.69. The van der Waals surface area contributed by atoms with E-state index in [1.54, 1.807) is 4.90 Å². The molecule has 144 valence electrons. The summed E-state index contributed by atoms with van der Waals surface area (Å²) in [5.41, 5.74) is 7.12. The monoisotopic (exact) mass is 376 g/mol. The van der Waals surface area contributed by atoms with Crippen molar-refractivity contribution in [1.29, 1.82) is 0 Å². The lowest BCUT2D eigenvalue weighted by Gasteiger charge is -2.29. The first-order valence-electron chi connectivity index (χ1n) is 9.45. The number of pyridine rings is 1. The number of hydrogen-bond donors (Lipinski definition) is 1. The van der Waals surface area contributed by atoms with Gasteiger partial charge < -0.3 is 9.88 Å². The Morgan fingerprint density at radius 2 is 1.89 bits per heavy atom. The second-order valence-electron chi connectivity index (χ2n) is 7.59. The molecule has 0 fully saturated rings. The summed E-state index contributed by atoms with van der Waals surface area (Å²) in [6.07, 6.45) is 2.61. The number of fused-ring (bicyclic) bond motifs is 1. The molecule has 1 aliphatic heterocycles. The number of H-pyrrole nitrogens is 1. The van der Waals surface area contributed by atoms with E-state index >= 15 is 0 Å². The van der Waals surface area contributed by atoms with Crippen LogP contribution in [0.3, 0.4) is 0 Å². The molecule has 6 nitrogen and oxygen atoms in total. The molecule has 6 heteroatoms. The molecule has 0 saturated carbocycles. The molecule has 4 rings (SSSR count). The number of aromatic amines is 1. The van der Waals surface area contributed by atoms with Gasteiger partial charge in [0, 0.05) is 36.0 Å². The Hall–Kier alpha value is -3.15. The maximum absolute atomic E-state index is 13.2. The van der Waals surface area contributed by atoms with Gasteiger partial charge >= 0.3 is 0 Å². The van der Waals surface area contributed by atoms with Gasteiger partial charge in [0.25, 0.3) is 11.5 Å². The third-order valence-corrected chi connectivity index (χ3v) is 5.52. The molecule has 0 spiro atoms. The molecular formula is C22H24N4O2. The van der Waals surface area contributed by atoms with Crippen molar-refractivity contribution in [2.75, 3.05) is 6.54 Å². The number of hydrogen-bond acceptors (Lipinski definition) is 3. The van der Waals surface area contributed by atoms with Crippen molar-refractivity contribution in [3.8, 4) is 11.3 Å². The maximum Gasteiger partial charge on any atom is 0.254 e. The number of aryl methyl sites for hydroxylation is 4. The van der Waals surface area contributed by atoms with E-state index in [0.717, 1.165) is 40.1 Å². The van der Waals surface area contributed by atoms with Crippen LogP contribution in [0.1, 0.15) is 38.3 Å². The highest BCUT2D eigenvalue weighted by Gasteiger charge is 2.26. The first-order valence-corrected chi connectivity index (χ1v) is 9.45. The summed E-state index contributed by atoms with van der Waals surface area (Å²) in [6.45, 7) is 6.74. The Kier molecular flexibility index (Phi) is 4.41. The molecule has 1 aliphatic rings. The van der Waals surface area contributed by atoms with Crippen LogP contribution in [-0.4, -0.2) is 32.1 Å². The summed E-state index contributed by atoms with van der Waals surface area (Å²) in [5.74, 6) is -0.0257. The van der Waals surface area contributed by atoms with E-state index in [4.69, 9.17) is 0 Å². The van der Waals surface area contributed by atoms with Crippen LogP contribution in [0.5, 0.6) is 0 Å². The van der Waals surface area contributed by atoms with Crippen LogP contribution in [0.25, 0.3) is 11.3 Å². The fraction of sp³-hybridized carbons (Fsp3) is 0.318. The minimum atomic E-state index is -0.115. The maximum atomic E-state index is 13.2. The molecule has 0 saturated heterocycles. The van der Waals surface area contributed by atoms with Crippen molar-refractivity contribution < 1.29 is 4.79 Å². The highest BCUT2D eigenvalue weighted by Crippen LogP contribution is 2.28. The van der Waals surface area contributed by atoms with Gasteiger partial charge in [-0.15, -0.1) is 0 Å². The zero-order valence-electron chi connectivity index (χ0n) is 16.7. The lowest BCUT2D eigenvalue weighted by atomic mass is 9.94. The van der Waals surface area contributed by atoms with Gasteiger partial charge in [-0.3, -0.25) is 14.3 Å². The zero-order chi connectivity index (χ0) is 20.0. The van der Waals surface area contributed by atoms with Crippen LogP contribution in [0.2, 0.25) is 0 Å². The van der Waals surface area contributed by atoms with Gasteiger partial charge in [-0.1, -0.05) is 12.1 Å². The predicted molar refractivity (Wildman–Crippen MR) is 108 cm³/mol. The summed E-state index contributed by atoms with van der Waals surface area (Å²) in [7, 11) is 1.91. The fourth-order valence-corrected chi connectivity index (χ4v) is 4.05. The molecule has 3 aromatic rings. The van der Waals surface area contributed by atoms with Gasteiger partial charge in [0.1, 0.15) is 0 Å². The molecule has 0 aliphatic carbocycles. The molecular weight excluding hydrogens is 352 g/mol. The highest BCUT2D eigenvalue weighted by atomic mass is 16.2. The van der Waals surface area contributed by atoms with Gasteiger partial charge in [-0.2, -0.15) is 5.10 Å². The van der Waals surface area contributed by atoms with E-state index in [0.29, 0.717) is 24.2 Å². The number of nitrogens with one attached hydrogen (secondary N) is 1. The van der Waals surface area contributed by atoms with Crippen LogP contribution in [-0.2, 0) is 20.0 Å². The molecule has 0 radical (unpaired) electrons. The van der Waals surface area contributed by atoms with Crippen molar-refractivity contribution in [1.82, 2.24) is 19.7 Å². The van der Waals surface area contributed by atoms with Crippen LogP contribution in [0.4, 0.5) is 0 Å². The topological polar surface area (TPSA) is 71.0 Å². The van der Waals surface area contributed by atoms with Crippen molar-refractivity contribution in [2.45, 2.75) is 33.7 Å². The van der Waals surface area contributed by atoms with Crippen LogP contribution < -0.4 is 5.56 Å². The van der Waals surface area contributed by atoms with Crippen molar-refractivity contribution >= 4 is 5.91 Å². The van der Waals surface area contributed by atoms with Gasteiger partial charge in [0.2, 0.25) is 0 Å². The predicted octanol–water partition coefficient (Wildman–Crippen LogP) is 2.90. The number of carbonyl (C=O) groups excluding carboxylic acids is 1. The molecule has 0 unspecified atom stereocenters. The number of nitrogens with zero attached hydrogens (tertiary/aromatic N) is 3. The van der Waals surface area contributed by atoms with E-state index in [2.05, 4.69) is 16.1 Å². The standard InChI is InChI=1S/C22H24N4O2/c1-13-9-15(3)24-21(27)19(13)12-26-8-7-16-5-6-17(10-18(16)22(26)28)20-14(2)11-23-25(20)4/h5-6,9-11H,7-8,12H2,1-4H3,(H,24,27). The Bertz CT molecular complexity index is 1120. The van der Waals surface area contributed by atoms with Crippen LogP contribution in [0, 0.1) is 20.8 Å². The molecule has 1 amide bonds.